The predicted molar refractivity (Wildman–Crippen MR) is 99.4 cm³/mol. The third-order valence-corrected chi connectivity index (χ3v) is 6.83. The van der Waals surface area contributed by atoms with Gasteiger partial charge >= 0.3 is 0 Å². The molecule has 0 unspecified atom stereocenters. The molecule has 144 valence electrons. The van der Waals surface area contributed by atoms with Crippen LogP contribution in [0.15, 0.2) is 24.3 Å². The lowest BCUT2D eigenvalue weighted by molar-refractivity contribution is 0.0729. The van der Waals surface area contributed by atoms with Crippen LogP contribution in [0.25, 0.3) is 0 Å². The summed E-state index contributed by atoms with van der Waals surface area (Å²) in [6.45, 7) is 3.66. The Morgan fingerprint density at radius 1 is 1.12 bits per heavy atom. The highest BCUT2D eigenvalue weighted by Gasteiger charge is 2.24. The van der Waals surface area contributed by atoms with E-state index in [1.807, 2.05) is 0 Å². The highest BCUT2D eigenvalue weighted by atomic mass is 32.2. The minimum atomic E-state index is -3.35. The zero-order chi connectivity index (χ0) is 18.6. The summed E-state index contributed by atoms with van der Waals surface area (Å²) >= 11 is 0. The van der Waals surface area contributed by atoms with Crippen LogP contribution >= 0.6 is 0 Å². The zero-order valence-corrected chi connectivity index (χ0v) is 16.0. The maximum Gasteiger partial charge on any atom is 0.251 e. The second kappa shape index (κ2) is 8.47. The molecule has 0 spiro atoms. The van der Waals surface area contributed by atoms with E-state index in [2.05, 4.69) is 17.3 Å². The lowest BCUT2D eigenvalue weighted by Gasteiger charge is -2.29. The first kappa shape index (κ1) is 19.3. The molecule has 0 aliphatic carbocycles. The van der Waals surface area contributed by atoms with Crippen LogP contribution in [0.5, 0.6) is 0 Å². The molecule has 3 rings (SSSR count). The smallest absolute Gasteiger partial charge is 0.251 e. The number of amides is 1. The highest BCUT2D eigenvalue weighted by Crippen LogP contribution is 2.14. The van der Waals surface area contributed by atoms with E-state index in [0.717, 1.165) is 25.9 Å². The number of hydrogen-bond donors (Lipinski definition) is 1. The average molecular weight is 381 g/mol. The Labute approximate surface area is 155 Å². The van der Waals surface area contributed by atoms with E-state index in [0.29, 0.717) is 37.4 Å². The van der Waals surface area contributed by atoms with Crippen LogP contribution in [0.1, 0.15) is 28.8 Å². The number of sulfonamides is 1. The van der Waals surface area contributed by atoms with Crippen molar-refractivity contribution in [1.82, 2.24) is 14.5 Å². The zero-order valence-electron chi connectivity index (χ0n) is 15.2. The van der Waals surface area contributed by atoms with Crippen LogP contribution in [0.4, 0.5) is 0 Å². The Morgan fingerprint density at radius 2 is 1.73 bits per heavy atom. The molecule has 1 aromatic rings. The lowest BCUT2D eigenvalue weighted by atomic mass is 10.0. The van der Waals surface area contributed by atoms with Gasteiger partial charge in [0.2, 0.25) is 10.0 Å². The fourth-order valence-electron chi connectivity index (χ4n) is 3.30. The van der Waals surface area contributed by atoms with E-state index in [4.69, 9.17) is 4.74 Å². The van der Waals surface area contributed by atoms with Gasteiger partial charge in [-0.25, -0.2) is 8.42 Å². The first-order valence-corrected chi connectivity index (χ1v) is 10.7. The average Bonchev–Trinajstić information content (AvgIpc) is 2.64. The summed E-state index contributed by atoms with van der Waals surface area (Å²) < 4.78 is 31.6. The van der Waals surface area contributed by atoms with Crippen molar-refractivity contribution in [1.29, 1.82) is 0 Å². The normalized spacial score (nSPS) is 20.8. The van der Waals surface area contributed by atoms with Crippen molar-refractivity contribution in [2.24, 2.45) is 0 Å². The third kappa shape index (κ3) is 5.03. The van der Waals surface area contributed by atoms with Crippen molar-refractivity contribution in [3.63, 3.8) is 0 Å². The third-order valence-electron chi connectivity index (χ3n) is 4.98. The molecule has 1 aromatic carbocycles. The molecule has 2 aliphatic heterocycles. The highest BCUT2D eigenvalue weighted by molar-refractivity contribution is 7.88. The summed E-state index contributed by atoms with van der Waals surface area (Å²) in [5.41, 5.74) is 1.25. The molecule has 8 heteroatoms. The number of ether oxygens (including phenoxy) is 1. The van der Waals surface area contributed by atoms with Crippen molar-refractivity contribution in [3.8, 4) is 0 Å². The van der Waals surface area contributed by atoms with E-state index in [1.165, 1.54) is 4.31 Å². The fraction of sp³-hybridized carbons (Fsp3) is 0.611. The molecule has 1 N–H and O–H groups in total. The summed E-state index contributed by atoms with van der Waals surface area (Å²) in [4.78, 5) is 14.6. The Bertz CT molecular complexity index is 706. The van der Waals surface area contributed by atoms with E-state index in [9.17, 15) is 13.2 Å². The Kier molecular flexibility index (Phi) is 6.29. The fourth-order valence-corrected chi connectivity index (χ4v) is 4.80. The Hall–Kier alpha value is -1.48. The van der Waals surface area contributed by atoms with Gasteiger partial charge in [0.05, 0.1) is 19.0 Å². The Balaban J connectivity index is 1.56. The van der Waals surface area contributed by atoms with Gasteiger partial charge in [-0.3, -0.25) is 4.79 Å². The quantitative estimate of drug-likeness (QED) is 0.811. The number of nitrogens with one attached hydrogen (secondary N) is 1. The van der Waals surface area contributed by atoms with E-state index in [1.54, 1.807) is 24.3 Å². The van der Waals surface area contributed by atoms with Crippen LogP contribution in [0.2, 0.25) is 0 Å². The van der Waals surface area contributed by atoms with Crippen LogP contribution in [0, 0.1) is 0 Å². The molecule has 0 aromatic heterocycles. The van der Waals surface area contributed by atoms with Crippen LogP contribution in [0.3, 0.4) is 0 Å². The summed E-state index contributed by atoms with van der Waals surface area (Å²) in [6, 6.07) is 7.06. The number of morpholine rings is 1. The van der Waals surface area contributed by atoms with Gasteiger partial charge in [0, 0.05) is 24.7 Å². The standard InChI is InChI=1S/C18H27N3O4S/c1-20-8-6-17(7-9-20)19-18(22)16-4-2-15(3-5-16)14-26(23,24)21-10-12-25-13-11-21/h2-5,17H,6-14H2,1H3,(H,19,22). The molecular weight excluding hydrogens is 354 g/mol. The summed E-state index contributed by atoms with van der Waals surface area (Å²) in [7, 11) is -1.26. The van der Waals surface area contributed by atoms with Crippen molar-refractivity contribution >= 4 is 15.9 Å². The molecule has 0 bridgehead atoms. The topological polar surface area (TPSA) is 79.0 Å². The van der Waals surface area contributed by atoms with Crippen molar-refractivity contribution in [2.75, 3.05) is 46.4 Å². The van der Waals surface area contributed by atoms with E-state index in [-0.39, 0.29) is 17.7 Å². The number of carbonyl (C=O) groups is 1. The summed E-state index contributed by atoms with van der Waals surface area (Å²) in [6.07, 6.45) is 1.91. The molecule has 1 amide bonds. The second-order valence-electron chi connectivity index (χ2n) is 7.02. The van der Waals surface area contributed by atoms with E-state index < -0.39 is 10.0 Å². The maximum absolute atomic E-state index is 12.5. The van der Waals surface area contributed by atoms with Crippen LogP contribution in [-0.4, -0.2) is 76.0 Å². The maximum atomic E-state index is 12.5. The number of carbonyl (C=O) groups excluding carboxylic acids is 1. The van der Waals surface area contributed by atoms with E-state index >= 15 is 0 Å². The van der Waals surface area contributed by atoms with Crippen LogP contribution < -0.4 is 5.32 Å². The first-order chi connectivity index (χ1) is 12.4. The number of benzene rings is 1. The molecule has 0 saturated carbocycles. The summed E-state index contributed by atoms with van der Waals surface area (Å²) in [5.74, 6) is -0.147. The first-order valence-electron chi connectivity index (χ1n) is 9.08. The van der Waals surface area contributed by atoms with Crippen molar-refractivity contribution in [2.45, 2.75) is 24.6 Å². The number of hydrogen-bond acceptors (Lipinski definition) is 5. The minimum absolute atomic E-state index is 0.0517. The molecule has 2 heterocycles. The number of rotatable bonds is 5. The number of piperidine rings is 1. The van der Waals surface area contributed by atoms with Gasteiger partial charge in [0.25, 0.3) is 5.91 Å². The Morgan fingerprint density at radius 3 is 2.35 bits per heavy atom. The van der Waals surface area contributed by atoms with Crippen molar-refractivity contribution < 1.29 is 17.9 Å². The van der Waals surface area contributed by atoms with Gasteiger partial charge in [-0.2, -0.15) is 4.31 Å². The van der Waals surface area contributed by atoms with Gasteiger partial charge in [0.15, 0.2) is 0 Å². The van der Waals surface area contributed by atoms with Gasteiger partial charge in [-0.15, -0.1) is 0 Å². The number of likely N-dealkylation sites (tertiary alicyclic amines) is 1. The molecule has 7 nitrogen and oxygen atoms in total. The molecule has 2 aliphatic rings. The van der Waals surface area contributed by atoms with Gasteiger partial charge in [0.1, 0.15) is 0 Å². The largest absolute Gasteiger partial charge is 0.379 e. The second-order valence-corrected chi connectivity index (χ2v) is 8.98. The van der Waals surface area contributed by atoms with Crippen LogP contribution in [-0.2, 0) is 20.5 Å². The summed E-state index contributed by atoms with van der Waals surface area (Å²) in [5, 5.41) is 3.07. The minimum Gasteiger partial charge on any atom is -0.379 e. The lowest BCUT2D eigenvalue weighted by Crippen LogP contribution is -2.43. The molecule has 26 heavy (non-hydrogen) atoms. The van der Waals surface area contributed by atoms with Gasteiger partial charge < -0.3 is 15.0 Å². The van der Waals surface area contributed by atoms with Gasteiger partial charge in [-0.1, -0.05) is 12.1 Å². The molecule has 0 radical (unpaired) electrons. The number of nitrogens with zero attached hydrogens (tertiary/aromatic N) is 2. The van der Waals surface area contributed by atoms with Gasteiger partial charge in [-0.05, 0) is 50.7 Å². The SMILES string of the molecule is CN1CCC(NC(=O)c2ccc(CS(=O)(=O)N3CCOCC3)cc2)CC1. The molecule has 2 fully saturated rings. The molecular formula is C18H27N3O4S. The molecule has 2 saturated heterocycles. The predicted octanol–water partition coefficient (Wildman–Crippen LogP) is 0.673. The van der Waals surface area contributed by atoms with Crippen molar-refractivity contribution in [3.05, 3.63) is 35.4 Å². The molecule has 0 atom stereocenters. The monoisotopic (exact) mass is 381 g/mol.